The Kier molecular flexibility index (Phi) is 7.71. The lowest BCUT2D eigenvalue weighted by Gasteiger charge is -2.18. The van der Waals surface area contributed by atoms with Gasteiger partial charge in [-0.05, 0) is 55.8 Å². The Labute approximate surface area is 202 Å². The van der Waals surface area contributed by atoms with Crippen molar-refractivity contribution in [1.29, 1.82) is 0 Å². The van der Waals surface area contributed by atoms with Crippen molar-refractivity contribution < 1.29 is 27.5 Å². The Balaban J connectivity index is 1.63. The fourth-order valence-electron chi connectivity index (χ4n) is 2.91. The number of carbonyl (C=O) groups is 2. The van der Waals surface area contributed by atoms with Gasteiger partial charge in [0.2, 0.25) is 0 Å². The minimum Gasteiger partial charge on any atom is -0.482 e. The van der Waals surface area contributed by atoms with Crippen LogP contribution in [0.1, 0.15) is 25.0 Å². The van der Waals surface area contributed by atoms with Crippen molar-refractivity contribution in [2.24, 2.45) is 0 Å². The summed E-state index contributed by atoms with van der Waals surface area (Å²) in [4.78, 5) is 26.6. The topological polar surface area (TPSA) is 58.6 Å². The molecular formula is C22H18ClF3N2O3S2. The van der Waals surface area contributed by atoms with Crippen molar-refractivity contribution >= 4 is 63.5 Å². The summed E-state index contributed by atoms with van der Waals surface area (Å²) in [5, 5.41) is 2.56. The number of thiocarbonyl (C=S) groups is 1. The number of hydrogen-bond donors (Lipinski definition) is 1. The van der Waals surface area contributed by atoms with Gasteiger partial charge in [0.05, 0.1) is 15.5 Å². The summed E-state index contributed by atoms with van der Waals surface area (Å²) in [6, 6.07) is 9.01. The molecule has 0 bridgehead atoms. The highest BCUT2D eigenvalue weighted by atomic mass is 35.5. The monoisotopic (exact) mass is 514 g/mol. The van der Waals surface area contributed by atoms with E-state index in [-0.39, 0.29) is 28.4 Å². The molecule has 1 N–H and O–H groups in total. The number of ether oxygens (including phenoxy) is 1. The second-order valence-electron chi connectivity index (χ2n) is 7.25. The van der Waals surface area contributed by atoms with E-state index in [0.717, 1.165) is 12.1 Å². The molecule has 3 rings (SSSR count). The van der Waals surface area contributed by atoms with Crippen molar-refractivity contribution in [3.8, 4) is 5.75 Å². The SMILES string of the molecule is CC(C)N1C(=O)/C(=C/c2ccc(OCC(=O)Nc3cccc(C(F)(F)F)c3)c(Cl)c2)SC1=S. The molecule has 1 aliphatic rings. The van der Waals surface area contributed by atoms with Gasteiger partial charge in [0.1, 0.15) is 10.1 Å². The fraction of sp³-hybridized carbons (Fsp3) is 0.227. The van der Waals surface area contributed by atoms with Crippen molar-refractivity contribution in [2.45, 2.75) is 26.1 Å². The number of halogens is 4. The number of amides is 2. The molecule has 0 spiro atoms. The third kappa shape index (κ3) is 6.27. The summed E-state index contributed by atoms with van der Waals surface area (Å²) in [6.45, 7) is 3.29. The minimum atomic E-state index is -4.51. The molecule has 0 atom stereocenters. The minimum absolute atomic E-state index is 0.00131. The van der Waals surface area contributed by atoms with E-state index < -0.39 is 24.3 Å². The van der Waals surface area contributed by atoms with E-state index in [2.05, 4.69) is 5.32 Å². The van der Waals surface area contributed by atoms with Crippen LogP contribution in [0.15, 0.2) is 47.4 Å². The normalized spacial score (nSPS) is 15.5. The first kappa shape index (κ1) is 25.1. The van der Waals surface area contributed by atoms with Crippen LogP contribution in [0.5, 0.6) is 5.75 Å². The first-order chi connectivity index (χ1) is 15.5. The molecule has 2 amide bonds. The van der Waals surface area contributed by atoms with E-state index in [0.29, 0.717) is 14.8 Å². The zero-order valence-electron chi connectivity index (χ0n) is 17.4. The molecule has 11 heteroatoms. The molecule has 1 aliphatic heterocycles. The Morgan fingerprint density at radius 1 is 1.27 bits per heavy atom. The van der Waals surface area contributed by atoms with Gasteiger partial charge in [-0.3, -0.25) is 14.5 Å². The fourth-order valence-corrected chi connectivity index (χ4v) is 4.68. The van der Waals surface area contributed by atoms with E-state index in [4.69, 9.17) is 28.6 Å². The summed E-state index contributed by atoms with van der Waals surface area (Å²) in [5.41, 5.74) is -0.228. The number of nitrogens with zero attached hydrogens (tertiary/aromatic N) is 1. The van der Waals surface area contributed by atoms with Gasteiger partial charge in [0, 0.05) is 11.7 Å². The van der Waals surface area contributed by atoms with Crippen LogP contribution in [0, 0.1) is 0 Å². The van der Waals surface area contributed by atoms with Crippen molar-refractivity contribution in [2.75, 3.05) is 11.9 Å². The number of thioether (sulfide) groups is 1. The Morgan fingerprint density at radius 3 is 2.61 bits per heavy atom. The predicted octanol–water partition coefficient (Wildman–Crippen LogP) is 5.99. The summed E-state index contributed by atoms with van der Waals surface area (Å²) < 4.78 is 44.2. The van der Waals surface area contributed by atoms with Gasteiger partial charge in [0.25, 0.3) is 11.8 Å². The summed E-state index contributed by atoms with van der Waals surface area (Å²) >= 11 is 12.7. The first-order valence-corrected chi connectivity index (χ1v) is 11.2. The van der Waals surface area contributed by atoms with E-state index >= 15 is 0 Å². The van der Waals surface area contributed by atoms with Gasteiger partial charge in [-0.1, -0.05) is 47.7 Å². The lowest BCUT2D eigenvalue weighted by atomic mass is 10.2. The lowest BCUT2D eigenvalue weighted by Crippen LogP contribution is -2.34. The third-order valence-electron chi connectivity index (χ3n) is 4.43. The van der Waals surface area contributed by atoms with Gasteiger partial charge in [0.15, 0.2) is 6.61 Å². The molecule has 2 aromatic carbocycles. The number of benzene rings is 2. The van der Waals surface area contributed by atoms with Crippen LogP contribution >= 0.6 is 35.6 Å². The maximum Gasteiger partial charge on any atom is 0.416 e. The molecule has 0 aromatic heterocycles. The average molecular weight is 515 g/mol. The molecule has 0 unspecified atom stereocenters. The number of carbonyl (C=O) groups excluding carboxylic acids is 2. The maximum absolute atomic E-state index is 12.8. The second kappa shape index (κ2) is 10.1. The summed E-state index contributed by atoms with van der Waals surface area (Å²) in [6.07, 6.45) is -2.85. The molecule has 2 aromatic rings. The molecule has 0 radical (unpaired) electrons. The Morgan fingerprint density at radius 2 is 2.00 bits per heavy atom. The zero-order valence-corrected chi connectivity index (χ0v) is 19.8. The lowest BCUT2D eigenvalue weighted by molar-refractivity contribution is -0.137. The van der Waals surface area contributed by atoms with Crippen LogP contribution in [-0.4, -0.2) is 33.7 Å². The van der Waals surface area contributed by atoms with Crippen LogP contribution < -0.4 is 10.1 Å². The number of hydrogen-bond acceptors (Lipinski definition) is 5. The van der Waals surface area contributed by atoms with Crippen molar-refractivity contribution in [3.05, 3.63) is 63.5 Å². The molecule has 0 aliphatic carbocycles. The van der Waals surface area contributed by atoms with E-state index in [1.807, 2.05) is 13.8 Å². The average Bonchev–Trinajstić information content (AvgIpc) is 3.00. The molecular weight excluding hydrogens is 497 g/mol. The summed E-state index contributed by atoms with van der Waals surface area (Å²) in [5.74, 6) is -0.614. The smallest absolute Gasteiger partial charge is 0.416 e. The van der Waals surface area contributed by atoms with Crippen LogP contribution in [0.25, 0.3) is 6.08 Å². The van der Waals surface area contributed by atoms with Gasteiger partial charge in [-0.2, -0.15) is 13.2 Å². The molecule has 5 nitrogen and oxygen atoms in total. The van der Waals surface area contributed by atoms with Crippen molar-refractivity contribution in [1.82, 2.24) is 4.90 Å². The number of nitrogens with one attached hydrogen (secondary N) is 1. The molecule has 1 saturated heterocycles. The summed E-state index contributed by atoms with van der Waals surface area (Å²) in [7, 11) is 0. The second-order valence-corrected chi connectivity index (χ2v) is 9.33. The van der Waals surface area contributed by atoms with E-state index in [1.54, 1.807) is 18.2 Å². The molecule has 174 valence electrons. The van der Waals surface area contributed by atoms with Crippen molar-refractivity contribution in [3.63, 3.8) is 0 Å². The number of anilines is 1. The predicted molar refractivity (Wildman–Crippen MR) is 127 cm³/mol. The van der Waals surface area contributed by atoms with Gasteiger partial charge >= 0.3 is 6.18 Å². The van der Waals surface area contributed by atoms with Crippen LogP contribution in [0.3, 0.4) is 0 Å². The first-order valence-electron chi connectivity index (χ1n) is 9.62. The van der Waals surface area contributed by atoms with Gasteiger partial charge < -0.3 is 10.1 Å². The number of alkyl halides is 3. The molecule has 0 saturated carbocycles. The highest BCUT2D eigenvalue weighted by Crippen LogP contribution is 2.35. The van der Waals surface area contributed by atoms with Crippen LogP contribution in [0.2, 0.25) is 5.02 Å². The largest absolute Gasteiger partial charge is 0.482 e. The highest BCUT2D eigenvalue weighted by molar-refractivity contribution is 8.26. The van der Waals surface area contributed by atoms with Gasteiger partial charge in [-0.15, -0.1) is 0 Å². The Bertz CT molecular complexity index is 1140. The third-order valence-corrected chi connectivity index (χ3v) is 6.05. The number of rotatable bonds is 6. The molecule has 33 heavy (non-hydrogen) atoms. The maximum atomic E-state index is 12.8. The quantitative estimate of drug-likeness (QED) is 0.379. The van der Waals surface area contributed by atoms with E-state index in [9.17, 15) is 22.8 Å². The standard InChI is InChI=1S/C22H18ClF3N2O3S2/c1-12(2)28-20(30)18(33-21(28)32)9-13-6-7-17(16(23)8-13)31-11-19(29)27-15-5-3-4-14(10-15)22(24,25)26/h3-10,12H,11H2,1-2H3,(H,27,29)/b18-9-. The highest BCUT2D eigenvalue weighted by Gasteiger charge is 2.33. The van der Waals surface area contributed by atoms with E-state index in [1.165, 1.54) is 34.9 Å². The molecule has 1 fully saturated rings. The van der Waals surface area contributed by atoms with Gasteiger partial charge in [-0.25, -0.2) is 0 Å². The zero-order chi connectivity index (χ0) is 24.3. The molecule has 1 heterocycles. The van der Waals surface area contributed by atoms with Crippen LogP contribution in [0.4, 0.5) is 18.9 Å². The van der Waals surface area contributed by atoms with Crippen LogP contribution in [-0.2, 0) is 15.8 Å². The Hall–Kier alpha value is -2.56.